The largest absolute Gasteiger partial charge is 0.435 e. The van der Waals surface area contributed by atoms with Crippen LogP contribution in [0.4, 0.5) is 5.69 Å². The molecule has 3 aromatic heterocycles. The summed E-state index contributed by atoms with van der Waals surface area (Å²) < 4.78 is 7.94. The molecular weight excluding hydrogens is 278 g/mol. The first kappa shape index (κ1) is 12.6. The van der Waals surface area contributed by atoms with Crippen LogP contribution in [0.5, 0.6) is 11.6 Å². The Kier molecular flexibility index (Phi) is 2.69. The van der Waals surface area contributed by atoms with E-state index in [1.807, 2.05) is 48.1 Å². The summed E-state index contributed by atoms with van der Waals surface area (Å²) in [5.74, 6) is 1.11. The third-order valence-corrected chi connectivity index (χ3v) is 3.60. The average Bonchev–Trinajstić information content (AvgIpc) is 2.93. The third kappa shape index (κ3) is 1.85. The summed E-state index contributed by atoms with van der Waals surface area (Å²) in [6.07, 6.45) is 5.13. The van der Waals surface area contributed by atoms with Gasteiger partial charge in [-0.3, -0.25) is 4.98 Å². The second-order valence-corrected chi connectivity index (χ2v) is 4.99. The number of aryl methyl sites for hydroxylation is 1. The van der Waals surface area contributed by atoms with Crippen LogP contribution < -0.4 is 10.5 Å². The quantitative estimate of drug-likeness (QED) is 0.574. The fourth-order valence-corrected chi connectivity index (χ4v) is 2.52. The van der Waals surface area contributed by atoms with E-state index in [0.717, 1.165) is 16.4 Å². The Morgan fingerprint density at radius 1 is 1.09 bits per heavy atom. The number of ether oxygens (including phenoxy) is 1. The first-order valence-electron chi connectivity index (χ1n) is 6.81. The minimum Gasteiger partial charge on any atom is -0.435 e. The molecule has 0 aliphatic heterocycles. The van der Waals surface area contributed by atoms with Crippen LogP contribution in [0.25, 0.3) is 21.9 Å². The standard InChI is InChI=1S/C16H13N5O/c1-21-8-6-12-15(21)16(20-9-19-12)22-13-5-4-11(17)10-3-2-7-18-14(10)13/h2-9H,17H2,1H3. The SMILES string of the molecule is Cn1ccc2ncnc(Oc3ccc(N)c4cccnc34)c21. The van der Waals surface area contributed by atoms with E-state index in [-0.39, 0.29) is 0 Å². The molecule has 0 saturated carbocycles. The molecule has 0 amide bonds. The van der Waals surface area contributed by atoms with Crippen LogP contribution in [0.2, 0.25) is 0 Å². The van der Waals surface area contributed by atoms with Gasteiger partial charge in [0.15, 0.2) is 5.75 Å². The number of rotatable bonds is 2. The Morgan fingerprint density at radius 3 is 2.91 bits per heavy atom. The van der Waals surface area contributed by atoms with Crippen molar-refractivity contribution in [3.8, 4) is 11.6 Å². The molecule has 0 spiro atoms. The molecule has 0 aliphatic rings. The van der Waals surface area contributed by atoms with E-state index in [1.54, 1.807) is 6.20 Å². The molecule has 22 heavy (non-hydrogen) atoms. The molecule has 4 aromatic rings. The van der Waals surface area contributed by atoms with Crippen LogP contribution in [-0.2, 0) is 7.05 Å². The van der Waals surface area contributed by atoms with Crippen molar-refractivity contribution in [3.05, 3.63) is 49.1 Å². The number of nitrogen functional groups attached to an aromatic ring is 1. The van der Waals surface area contributed by atoms with Gasteiger partial charge in [0.1, 0.15) is 17.4 Å². The number of benzene rings is 1. The maximum atomic E-state index is 6.01. The summed E-state index contributed by atoms with van der Waals surface area (Å²) in [6.45, 7) is 0. The van der Waals surface area contributed by atoms with E-state index in [9.17, 15) is 0 Å². The minimum atomic E-state index is 0.495. The molecule has 0 aliphatic carbocycles. The number of nitrogens with two attached hydrogens (primary N) is 1. The normalized spacial score (nSPS) is 11.1. The van der Waals surface area contributed by atoms with Crippen molar-refractivity contribution >= 4 is 27.6 Å². The zero-order chi connectivity index (χ0) is 15.1. The van der Waals surface area contributed by atoms with Gasteiger partial charge in [-0.05, 0) is 30.3 Å². The van der Waals surface area contributed by atoms with E-state index < -0.39 is 0 Å². The summed E-state index contributed by atoms with van der Waals surface area (Å²) in [5.41, 5.74) is 9.04. The predicted octanol–water partition coefficient (Wildman–Crippen LogP) is 2.89. The topological polar surface area (TPSA) is 78.8 Å². The van der Waals surface area contributed by atoms with Gasteiger partial charge in [-0.15, -0.1) is 0 Å². The number of hydrogen-bond donors (Lipinski definition) is 1. The third-order valence-electron chi connectivity index (χ3n) is 3.60. The van der Waals surface area contributed by atoms with Crippen molar-refractivity contribution < 1.29 is 4.74 Å². The fourth-order valence-electron chi connectivity index (χ4n) is 2.52. The van der Waals surface area contributed by atoms with E-state index in [0.29, 0.717) is 22.8 Å². The highest BCUT2D eigenvalue weighted by atomic mass is 16.5. The van der Waals surface area contributed by atoms with Gasteiger partial charge in [0.05, 0.1) is 5.52 Å². The second kappa shape index (κ2) is 4.70. The highest BCUT2D eigenvalue weighted by molar-refractivity contribution is 5.94. The summed E-state index contributed by atoms with van der Waals surface area (Å²) in [4.78, 5) is 12.9. The maximum absolute atomic E-state index is 6.01. The summed E-state index contributed by atoms with van der Waals surface area (Å²) >= 11 is 0. The molecule has 6 nitrogen and oxygen atoms in total. The molecular formula is C16H13N5O. The zero-order valence-corrected chi connectivity index (χ0v) is 11.9. The van der Waals surface area contributed by atoms with Gasteiger partial charge in [0.25, 0.3) is 0 Å². The lowest BCUT2D eigenvalue weighted by atomic mass is 10.2. The Bertz CT molecular complexity index is 992. The van der Waals surface area contributed by atoms with Crippen molar-refractivity contribution in [2.45, 2.75) is 0 Å². The molecule has 108 valence electrons. The van der Waals surface area contributed by atoms with E-state index in [2.05, 4.69) is 15.0 Å². The summed E-state index contributed by atoms with van der Waals surface area (Å²) in [7, 11) is 1.93. The molecule has 2 N–H and O–H groups in total. The van der Waals surface area contributed by atoms with Crippen LogP contribution in [-0.4, -0.2) is 19.5 Å². The maximum Gasteiger partial charge on any atom is 0.247 e. The lowest BCUT2D eigenvalue weighted by Gasteiger charge is -2.10. The fraction of sp³-hybridized carbons (Fsp3) is 0.0625. The first-order chi connectivity index (χ1) is 10.7. The van der Waals surface area contributed by atoms with Gasteiger partial charge >= 0.3 is 0 Å². The molecule has 0 atom stereocenters. The Labute approximate surface area is 126 Å². The van der Waals surface area contributed by atoms with Crippen LogP contribution in [0.1, 0.15) is 0 Å². The van der Waals surface area contributed by atoms with Gasteiger partial charge < -0.3 is 15.0 Å². The number of pyridine rings is 1. The van der Waals surface area contributed by atoms with Crippen molar-refractivity contribution in [2.24, 2.45) is 7.05 Å². The van der Waals surface area contributed by atoms with Crippen molar-refractivity contribution in [2.75, 3.05) is 5.73 Å². The number of nitrogens with zero attached hydrogens (tertiary/aromatic N) is 4. The Hall–Kier alpha value is -3.15. The van der Waals surface area contributed by atoms with Crippen LogP contribution in [0.3, 0.4) is 0 Å². The summed E-state index contributed by atoms with van der Waals surface area (Å²) in [5, 5.41) is 0.859. The van der Waals surface area contributed by atoms with Crippen molar-refractivity contribution in [1.82, 2.24) is 19.5 Å². The van der Waals surface area contributed by atoms with Gasteiger partial charge in [-0.2, -0.15) is 4.98 Å². The van der Waals surface area contributed by atoms with E-state index >= 15 is 0 Å². The molecule has 3 heterocycles. The second-order valence-electron chi connectivity index (χ2n) is 4.99. The van der Waals surface area contributed by atoms with Crippen LogP contribution in [0, 0.1) is 0 Å². The van der Waals surface area contributed by atoms with Crippen molar-refractivity contribution in [1.29, 1.82) is 0 Å². The number of aromatic nitrogens is 4. The van der Waals surface area contributed by atoms with Crippen LogP contribution in [0.15, 0.2) is 49.1 Å². The lowest BCUT2D eigenvalue weighted by Crippen LogP contribution is -1.96. The Balaban J connectivity index is 1.90. The molecule has 0 radical (unpaired) electrons. The lowest BCUT2D eigenvalue weighted by molar-refractivity contribution is 0.470. The van der Waals surface area contributed by atoms with E-state index in [1.165, 1.54) is 6.33 Å². The molecule has 6 heteroatoms. The number of hydrogen-bond acceptors (Lipinski definition) is 5. The zero-order valence-electron chi connectivity index (χ0n) is 11.9. The molecule has 1 aromatic carbocycles. The summed E-state index contributed by atoms with van der Waals surface area (Å²) in [6, 6.07) is 9.30. The van der Waals surface area contributed by atoms with Crippen molar-refractivity contribution in [3.63, 3.8) is 0 Å². The average molecular weight is 291 g/mol. The number of fused-ring (bicyclic) bond motifs is 2. The molecule has 4 rings (SSSR count). The molecule has 0 saturated heterocycles. The van der Waals surface area contributed by atoms with Gasteiger partial charge in [-0.1, -0.05) is 0 Å². The van der Waals surface area contributed by atoms with Gasteiger partial charge in [0.2, 0.25) is 5.88 Å². The minimum absolute atomic E-state index is 0.495. The molecule has 0 unspecified atom stereocenters. The molecule has 0 bridgehead atoms. The highest BCUT2D eigenvalue weighted by Gasteiger charge is 2.12. The molecule has 0 fully saturated rings. The van der Waals surface area contributed by atoms with Gasteiger partial charge in [0, 0.05) is 30.5 Å². The predicted molar refractivity (Wildman–Crippen MR) is 84.7 cm³/mol. The number of anilines is 1. The van der Waals surface area contributed by atoms with E-state index in [4.69, 9.17) is 10.5 Å². The van der Waals surface area contributed by atoms with Crippen LogP contribution >= 0.6 is 0 Å². The first-order valence-corrected chi connectivity index (χ1v) is 6.81. The monoisotopic (exact) mass is 291 g/mol. The highest BCUT2D eigenvalue weighted by Crippen LogP contribution is 2.33. The van der Waals surface area contributed by atoms with Gasteiger partial charge in [-0.25, -0.2) is 4.98 Å². The Morgan fingerprint density at radius 2 is 2.00 bits per heavy atom. The smallest absolute Gasteiger partial charge is 0.247 e.